The van der Waals surface area contributed by atoms with Crippen LogP contribution in [0.4, 0.5) is 0 Å². The van der Waals surface area contributed by atoms with Crippen molar-refractivity contribution in [1.29, 1.82) is 0 Å². The normalized spacial score (nSPS) is 15.2. The summed E-state index contributed by atoms with van der Waals surface area (Å²) in [6.45, 7) is 1.86. The number of carbonyl (C=O) groups is 1. The van der Waals surface area contributed by atoms with Crippen molar-refractivity contribution in [2.45, 2.75) is 25.8 Å². The van der Waals surface area contributed by atoms with Gasteiger partial charge in [-0.15, -0.1) is 0 Å². The molecule has 0 saturated heterocycles. The van der Waals surface area contributed by atoms with Gasteiger partial charge in [-0.1, -0.05) is 31.2 Å². The van der Waals surface area contributed by atoms with Crippen LogP contribution in [0.25, 0.3) is 0 Å². The number of fused-ring (bicyclic) bond motifs is 1. The predicted molar refractivity (Wildman–Crippen MR) is 54.7 cm³/mol. The minimum Gasteiger partial charge on any atom is -0.352 e. The van der Waals surface area contributed by atoms with Crippen molar-refractivity contribution in [1.82, 2.24) is 5.32 Å². The molecule has 1 aromatic carbocycles. The number of rotatable bonds is 2. The Morgan fingerprint density at radius 3 is 3.07 bits per heavy atom. The Kier molecular flexibility index (Phi) is 2.53. The lowest BCUT2D eigenvalue weighted by Gasteiger charge is -2.09. The van der Waals surface area contributed by atoms with Gasteiger partial charge in [0.2, 0.25) is 5.91 Å². The molecule has 0 saturated carbocycles. The van der Waals surface area contributed by atoms with E-state index in [1.54, 1.807) is 0 Å². The van der Waals surface area contributed by atoms with E-state index in [9.17, 15) is 4.79 Å². The maximum Gasteiger partial charge on any atom is 0.219 e. The Morgan fingerprint density at radius 2 is 2.36 bits per heavy atom. The fourth-order valence-electron chi connectivity index (χ4n) is 1.68. The lowest BCUT2D eigenvalue weighted by molar-refractivity contribution is -0.121. The van der Waals surface area contributed by atoms with Crippen LogP contribution in [0.15, 0.2) is 24.3 Å². The number of nitrogens with one attached hydrogen (secondary N) is 1. The lowest BCUT2D eigenvalue weighted by atomic mass is 10.1. The van der Waals surface area contributed by atoms with Crippen LogP contribution in [0, 0.1) is 6.42 Å². The number of hydrogen-bond acceptors (Lipinski definition) is 1. The molecule has 1 unspecified atom stereocenters. The molecular formula is C12H13NO. The Hall–Kier alpha value is -1.31. The highest BCUT2D eigenvalue weighted by Crippen LogP contribution is 2.23. The smallest absolute Gasteiger partial charge is 0.219 e. The molecule has 0 heterocycles. The molecule has 1 aliphatic rings. The van der Waals surface area contributed by atoms with E-state index < -0.39 is 0 Å². The monoisotopic (exact) mass is 187 g/mol. The molecule has 0 aromatic heterocycles. The zero-order chi connectivity index (χ0) is 9.97. The van der Waals surface area contributed by atoms with Gasteiger partial charge >= 0.3 is 0 Å². The van der Waals surface area contributed by atoms with Crippen LogP contribution < -0.4 is 5.32 Å². The van der Waals surface area contributed by atoms with Gasteiger partial charge in [-0.25, -0.2) is 0 Å². The summed E-state index contributed by atoms with van der Waals surface area (Å²) >= 11 is 0. The highest BCUT2D eigenvalue weighted by Gasteiger charge is 2.22. The first-order valence-corrected chi connectivity index (χ1v) is 4.93. The van der Waals surface area contributed by atoms with Crippen molar-refractivity contribution < 1.29 is 4.79 Å². The summed E-state index contributed by atoms with van der Waals surface area (Å²) in [5.74, 6) is 0.0929. The molecule has 0 spiro atoms. The van der Waals surface area contributed by atoms with Gasteiger partial charge in [0, 0.05) is 18.9 Å². The summed E-state index contributed by atoms with van der Waals surface area (Å²) in [7, 11) is 0. The second-order valence-electron chi connectivity index (χ2n) is 3.48. The summed E-state index contributed by atoms with van der Waals surface area (Å²) in [6, 6.07) is 8.20. The van der Waals surface area contributed by atoms with Crippen LogP contribution in [-0.4, -0.2) is 11.9 Å². The van der Waals surface area contributed by atoms with Crippen molar-refractivity contribution in [3.63, 3.8) is 0 Å². The Morgan fingerprint density at radius 1 is 1.57 bits per heavy atom. The van der Waals surface area contributed by atoms with Crippen molar-refractivity contribution >= 4 is 5.91 Å². The number of amides is 1. The average molecular weight is 187 g/mol. The number of hydrogen-bond donors (Lipinski definition) is 1. The summed E-state index contributed by atoms with van der Waals surface area (Å²) in [5, 5.41) is 2.93. The van der Waals surface area contributed by atoms with Gasteiger partial charge in [-0.3, -0.25) is 4.79 Å². The first-order chi connectivity index (χ1) is 6.79. The fraction of sp³-hybridized carbons (Fsp3) is 0.333. The molecule has 1 N–H and O–H groups in total. The maximum absolute atomic E-state index is 11.2. The van der Waals surface area contributed by atoms with E-state index in [-0.39, 0.29) is 11.9 Å². The van der Waals surface area contributed by atoms with Gasteiger partial charge in [0.25, 0.3) is 0 Å². The predicted octanol–water partition coefficient (Wildman–Crippen LogP) is 1.57. The quantitative estimate of drug-likeness (QED) is 0.748. The van der Waals surface area contributed by atoms with E-state index in [2.05, 4.69) is 17.8 Å². The molecule has 0 bridgehead atoms. The van der Waals surface area contributed by atoms with E-state index in [4.69, 9.17) is 0 Å². The highest BCUT2D eigenvalue weighted by molar-refractivity contribution is 5.76. The Bertz CT molecular complexity index is 321. The molecule has 14 heavy (non-hydrogen) atoms. The van der Waals surface area contributed by atoms with E-state index in [0.29, 0.717) is 6.42 Å². The first-order valence-electron chi connectivity index (χ1n) is 4.93. The minimum absolute atomic E-state index is 0.0693. The van der Waals surface area contributed by atoms with E-state index >= 15 is 0 Å². The number of benzene rings is 1. The van der Waals surface area contributed by atoms with Crippen molar-refractivity contribution in [3.8, 4) is 0 Å². The number of carbonyl (C=O) groups excluding carboxylic acids is 1. The summed E-state index contributed by atoms with van der Waals surface area (Å²) < 4.78 is 0. The van der Waals surface area contributed by atoms with E-state index in [1.807, 2.05) is 25.1 Å². The van der Waals surface area contributed by atoms with Gasteiger partial charge in [-0.05, 0) is 17.5 Å². The van der Waals surface area contributed by atoms with Gasteiger partial charge in [-0.2, -0.15) is 0 Å². The van der Waals surface area contributed by atoms with Crippen molar-refractivity contribution in [2.24, 2.45) is 0 Å². The second kappa shape index (κ2) is 3.82. The third-order valence-corrected chi connectivity index (χ3v) is 2.43. The maximum atomic E-state index is 11.2. The third kappa shape index (κ3) is 1.79. The molecule has 2 nitrogen and oxygen atoms in total. The lowest BCUT2D eigenvalue weighted by Crippen LogP contribution is -2.33. The van der Waals surface area contributed by atoms with Crippen LogP contribution in [0.2, 0.25) is 0 Å². The SMILES string of the molecule is CCC(=O)NC1[C]c2ccccc2C1. The Labute approximate surface area is 84.3 Å². The molecule has 0 fully saturated rings. The van der Waals surface area contributed by atoms with Crippen LogP contribution >= 0.6 is 0 Å². The highest BCUT2D eigenvalue weighted by atomic mass is 16.1. The average Bonchev–Trinajstić information content (AvgIpc) is 2.59. The molecule has 72 valence electrons. The fourth-order valence-corrected chi connectivity index (χ4v) is 1.68. The molecule has 0 aliphatic heterocycles. The van der Waals surface area contributed by atoms with E-state index in [1.165, 1.54) is 5.56 Å². The van der Waals surface area contributed by atoms with Gasteiger partial charge in [0.05, 0.1) is 0 Å². The van der Waals surface area contributed by atoms with Gasteiger partial charge < -0.3 is 5.32 Å². The molecular weight excluding hydrogens is 174 g/mol. The van der Waals surface area contributed by atoms with Gasteiger partial charge in [0.1, 0.15) is 0 Å². The zero-order valence-corrected chi connectivity index (χ0v) is 8.21. The standard InChI is InChI=1S/C12H13NO/c1-2-12(14)13-11-7-9-5-3-4-6-10(9)8-11/h3-6,11H,2,7H2,1H3,(H,13,14). The summed E-state index contributed by atoms with van der Waals surface area (Å²) in [4.78, 5) is 11.2. The van der Waals surface area contributed by atoms with Crippen LogP contribution in [0.5, 0.6) is 0 Å². The largest absolute Gasteiger partial charge is 0.352 e. The molecule has 1 amide bonds. The third-order valence-electron chi connectivity index (χ3n) is 2.43. The Balaban J connectivity index is 2.01. The topological polar surface area (TPSA) is 29.1 Å². The second-order valence-corrected chi connectivity index (χ2v) is 3.48. The molecule has 1 atom stereocenters. The van der Waals surface area contributed by atoms with Crippen molar-refractivity contribution in [2.75, 3.05) is 0 Å². The van der Waals surface area contributed by atoms with Gasteiger partial charge in [0.15, 0.2) is 0 Å². The van der Waals surface area contributed by atoms with Crippen LogP contribution in [-0.2, 0) is 11.2 Å². The van der Waals surface area contributed by atoms with Crippen LogP contribution in [0.3, 0.4) is 0 Å². The summed E-state index contributed by atoms with van der Waals surface area (Å²) in [5.41, 5.74) is 2.41. The molecule has 2 rings (SSSR count). The first kappa shape index (κ1) is 9.25. The summed E-state index contributed by atoms with van der Waals surface area (Å²) in [6.07, 6.45) is 4.68. The van der Waals surface area contributed by atoms with Crippen LogP contribution in [0.1, 0.15) is 24.5 Å². The molecule has 1 aromatic rings. The molecule has 1 aliphatic carbocycles. The van der Waals surface area contributed by atoms with Crippen molar-refractivity contribution in [3.05, 3.63) is 41.8 Å². The van der Waals surface area contributed by atoms with E-state index in [0.717, 1.165) is 12.0 Å². The minimum atomic E-state index is 0.0693. The molecule has 2 heteroatoms. The zero-order valence-electron chi connectivity index (χ0n) is 8.21. The molecule has 2 radical (unpaired) electrons.